The number of halogens is 3. The Morgan fingerprint density at radius 3 is 2.39 bits per heavy atom. The van der Waals surface area contributed by atoms with E-state index in [4.69, 9.17) is 10.7 Å². The van der Waals surface area contributed by atoms with Crippen molar-refractivity contribution in [3.8, 4) is 16.9 Å². The predicted octanol–water partition coefficient (Wildman–Crippen LogP) is 4.40. The topological polar surface area (TPSA) is 130 Å². The molecule has 5 aromatic rings. The number of aromatic nitrogens is 4. The van der Waals surface area contributed by atoms with E-state index in [0.29, 0.717) is 39.0 Å². The third kappa shape index (κ3) is 4.75. The Kier molecular flexibility index (Phi) is 6.20. The number of alkyl halides is 3. The van der Waals surface area contributed by atoms with Crippen LogP contribution in [0.25, 0.3) is 38.9 Å². The summed E-state index contributed by atoms with van der Waals surface area (Å²) < 4.78 is 44.4. The van der Waals surface area contributed by atoms with Crippen LogP contribution in [0.4, 0.5) is 29.5 Å². The molecule has 0 unspecified atom stereocenters. The number of benzene rings is 1. The van der Waals surface area contributed by atoms with Gasteiger partial charge in [0.05, 0.1) is 28.0 Å². The van der Waals surface area contributed by atoms with Gasteiger partial charge in [0.2, 0.25) is 0 Å². The molecule has 1 aliphatic rings. The molecule has 1 amide bonds. The molecule has 0 saturated carbocycles. The number of hydrogen-bond acceptors (Lipinski definition) is 7. The van der Waals surface area contributed by atoms with E-state index in [-0.39, 0.29) is 37.6 Å². The lowest BCUT2D eigenvalue weighted by molar-refractivity contribution is -0.137. The maximum atomic E-state index is 14.4. The van der Waals surface area contributed by atoms with E-state index >= 15 is 0 Å². The molecule has 1 aliphatic heterocycles. The van der Waals surface area contributed by atoms with Crippen LogP contribution in [0.1, 0.15) is 5.56 Å². The average molecular weight is 562 g/mol. The summed E-state index contributed by atoms with van der Waals surface area (Å²) in [6.07, 6.45) is -2.75. The van der Waals surface area contributed by atoms with Crippen molar-refractivity contribution in [2.24, 2.45) is 0 Å². The summed E-state index contributed by atoms with van der Waals surface area (Å²) in [5.74, 6) is 0.336. The molecule has 0 spiro atoms. The molecule has 1 aromatic carbocycles. The molecule has 3 N–H and O–H groups in total. The number of rotatable bonds is 3. The Morgan fingerprint density at radius 2 is 1.71 bits per heavy atom. The minimum Gasteiger partial charge on any atom is -0.465 e. The van der Waals surface area contributed by atoms with E-state index in [1.54, 1.807) is 42.7 Å². The molecule has 1 fully saturated rings. The number of carboxylic acid groups (broad SMARTS) is 1. The number of carbonyl (C=O) groups is 1. The van der Waals surface area contributed by atoms with Crippen LogP contribution in [0.3, 0.4) is 0 Å². The van der Waals surface area contributed by atoms with E-state index in [2.05, 4.69) is 9.97 Å². The van der Waals surface area contributed by atoms with Gasteiger partial charge in [-0.1, -0.05) is 0 Å². The quantitative estimate of drug-likeness (QED) is 0.310. The van der Waals surface area contributed by atoms with Crippen LogP contribution >= 0.6 is 0 Å². The lowest BCUT2D eigenvalue weighted by Crippen LogP contribution is -2.48. The second-order valence-corrected chi connectivity index (χ2v) is 9.56. The van der Waals surface area contributed by atoms with Crippen molar-refractivity contribution < 1.29 is 23.1 Å². The molecule has 1 saturated heterocycles. The zero-order valence-electron chi connectivity index (χ0n) is 21.3. The molecule has 0 bridgehead atoms. The first-order valence-corrected chi connectivity index (χ1v) is 12.6. The minimum absolute atomic E-state index is 0.00898. The summed E-state index contributed by atoms with van der Waals surface area (Å²) in [4.78, 5) is 40.4. The Hall–Kier alpha value is -5.20. The number of hydrogen-bond donors (Lipinski definition) is 2. The third-order valence-corrected chi connectivity index (χ3v) is 7.08. The molecule has 208 valence electrons. The molecule has 0 aliphatic carbocycles. The second-order valence-electron chi connectivity index (χ2n) is 9.56. The van der Waals surface area contributed by atoms with E-state index in [1.807, 2.05) is 0 Å². The van der Waals surface area contributed by atoms with E-state index in [0.717, 1.165) is 11.0 Å². The largest absolute Gasteiger partial charge is 0.465 e. The highest BCUT2D eigenvalue weighted by molar-refractivity contribution is 6.02. The molecular formula is C28H22F3N7O3. The standard InChI is InChI=1S/C28H22F3N7O3/c29-28(30,31)19-13-18(3-6-22(19)36-9-11-37(12-10-36)27(40)41)38-24(39)8-2-17-15-33-21-5-4-20(35-25(21)26(17)38)16-1-7-23(32)34-14-16/h1-8,13-15H,9-12H2,(H2,32,34)(H,40,41). The molecule has 10 nitrogen and oxygen atoms in total. The maximum absolute atomic E-state index is 14.4. The Labute approximate surface area is 230 Å². The summed E-state index contributed by atoms with van der Waals surface area (Å²) in [6.45, 7) is 0.360. The highest BCUT2D eigenvalue weighted by Crippen LogP contribution is 2.39. The molecule has 41 heavy (non-hydrogen) atoms. The first-order chi connectivity index (χ1) is 19.6. The second kappa shape index (κ2) is 9.77. The summed E-state index contributed by atoms with van der Waals surface area (Å²) in [6, 6.07) is 13.4. The van der Waals surface area contributed by atoms with Crippen molar-refractivity contribution in [1.29, 1.82) is 0 Å². The first kappa shape index (κ1) is 26.0. The highest BCUT2D eigenvalue weighted by Gasteiger charge is 2.36. The number of anilines is 2. The summed E-state index contributed by atoms with van der Waals surface area (Å²) in [5.41, 5.74) is 6.44. The summed E-state index contributed by atoms with van der Waals surface area (Å²) in [5, 5.41) is 9.71. The lowest BCUT2D eigenvalue weighted by Gasteiger charge is -2.36. The van der Waals surface area contributed by atoms with Crippen LogP contribution in [0.5, 0.6) is 0 Å². The van der Waals surface area contributed by atoms with Crippen LogP contribution < -0.4 is 16.2 Å². The number of piperazine rings is 1. The van der Waals surface area contributed by atoms with Gasteiger partial charge in [0.15, 0.2) is 0 Å². The number of pyridine rings is 4. The van der Waals surface area contributed by atoms with Gasteiger partial charge in [-0.05, 0) is 48.5 Å². The van der Waals surface area contributed by atoms with E-state index in [9.17, 15) is 27.9 Å². The van der Waals surface area contributed by atoms with Crippen LogP contribution in [0, 0.1) is 0 Å². The highest BCUT2D eigenvalue weighted by atomic mass is 19.4. The van der Waals surface area contributed by atoms with Gasteiger partial charge < -0.3 is 20.6 Å². The van der Waals surface area contributed by atoms with Gasteiger partial charge in [-0.25, -0.2) is 14.8 Å². The number of fused-ring (bicyclic) bond motifs is 3. The van der Waals surface area contributed by atoms with Gasteiger partial charge in [-0.3, -0.25) is 14.3 Å². The van der Waals surface area contributed by atoms with Gasteiger partial charge in [0, 0.05) is 61.3 Å². The molecule has 0 atom stereocenters. The normalized spacial score (nSPS) is 14.1. The number of amides is 1. The van der Waals surface area contributed by atoms with Crippen molar-refractivity contribution in [2.75, 3.05) is 36.8 Å². The molecule has 4 aromatic heterocycles. The monoisotopic (exact) mass is 561 g/mol. The van der Waals surface area contributed by atoms with Crippen molar-refractivity contribution >= 4 is 39.5 Å². The van der Waals surface area contributed by atoms with Gasteiger partial charge in [0.1, 0.15) is 11.3 Å². The molecular weight excluding hydrogens is 539 g/mol. The third-order valence-electron chi connectivity index (χ3n) is 7.08. The summed E-state index contributed by atoms with van der Waals surface area (Å²) in [7, 11) is 0. The maximum Gasteiger partial charge on any atom is 0.418 e. The minimum atomic E-state index is -4.74. The number of nitrogens with two attached hydrogens (primary N) is 1. The smallest absolute Gasteiger partial charge is 0.418 e. The van der Waals surface area contributed by atoms with Crippen molar-refractivity contribution in [2.45, 2.75) is 6.18 Å². The first-order valence-electron chi connectivity index (χ1n) is 12.6. The fourth-order valence-corrected chi connectivity index (χ4v) is 5.05. The fourth-order valence-electron chi connectivity index (χ4n) is 5.05. The summed E-state index contributed by atoms with van der Waals surface area (Å²) >= 11 is 0. The molecule has 5 heterocycles. The number of nitrogens with zero attached hydrogens (tertiary/aromatic N) is 6. The Bertz CT molecular complexity index is 1870. The fraction of sp³-hybridized carbons (Fsp3) is 0.179. The number of nitrogen functional groups attached to an aromatic ring is 1. The van der Waals surface area contributed by atoms with Crippen LogP contribution in [0.15, 0.2) is 71.8 Å². The van der Waals surface area contributed by atoms with E-state index in [1.165, 1.54) is 27.7 Å². The zero-order chi connectivity index (χ0) is 28.9. The SMILES string of the molecule is Nc1ccc(-c2ccc3ncc4ccc(=O)n(-c5ccc(N6CCN(C(=O)O)CC6)c(C(F)(F)F)c5)c4c3n2)cn1. The van der Waals surface area contributed by atoms with Gasteiger partial charge >= 0.3 is 12.3 Å². The van der Waals surface area contributed by atoms with Crippen LogP contribution in [0.2, 0.25) is 0 Å². The molecule has 0 radical (unpaired) electrons. The van der Waals surface area contributed by atoms with Crippen LogP contribution in [-0.2, 0) is 6.18 Å². The molecule has 6 rings (SSSR count). The molecule has 13 heteroatoms. The average Bonchev–Trinajstić information content (AvgIpc) is 2.96. The van der Waals surface area contributed by atoms with Gasteiger partial charge in [-0.15, -0.1) is 0 Å². The van der Waals surface area contributed by atoms with Crippen molar-refractivity contribution in [3.63, 3.8) is 0 Å². The van der Waals surface area contributed by atoms with Gasteiger partial charge in [0.25, 0.3) is 5.56 Å². The van der Waals surface area contributed by atoms with Gasteiger partial charge in [-0.2, -0.15) is 13.2 Å². The van der Waals surface area contributed by atoms with E-state index < -0.39 is 23.4 Å². The van der Waals surface area contributed by atoms with Crippen molar-refractivity contribution in [3.05, 3.63) is 82.9 Å². The zero-order valence-corrected chi connectivity index (χ0v) is 21.3. The Balaban J connectivity index is 1.53. The Morgan fingerprint density at radius 1 is 0.927 bits per heavy atom. The van der Waals surface area contributed by atoms with Crippen LogP contribution in [-0.4, -0.2) is 61.8 Å². The van der Waals surface area contributed by atoms with Crippen molar-refractivity contribution in [1.82, 2.24) is 24.4 Å². The lowest BCUT2D eigenvalue weighted by atomic mass is 10.1. The predicted molar refractivity (Wildman–Crippen MR) is 147 cm³/mol.